The molecule has 0 fully saturated rings. The molecule has 0 saturated carbocycles. The van der Waals surface area contributed by atoms with Gasteiger partial charge in [0.2, 0.25) is 5.95 Å². The number of rotatable bonds is 7. The summed E-state index contributed by atoms with van der Waals surface area (Å²) in [6, 6.07) is 2.07. The van der Waals surface area contributed by atoms with E-state index < -0.39 is 9.84 Å². The van der Waals surface area contributed by atoms with Gasteiger partial charge in [-0.1, -0.05) is 6.92 Å². The van der Waals surface area contributed by atoms with Crippen LogP contribution in [-0.4, -0.2) is 43.5 Å². The lowest BCUT2D eigenvalue weighted by Crippen LogP contribution is -2.15. The van der Waals surface area contributed by atoms with Gasteiger partial charge in [-0.2, -0.15) is 4.98 Å². The van der Waals surface area contributed by atoms with Crippen LogP contribution < -0.4 is 10.6 Å². The van der Waals surface area contributed by atoms with Gasteiger partial charge in [0, 0.05) is 24.2 Å². The van der Waals surface area contributed by atoms with E-state index in [4.69, 9.17) is 0 Å². The summed E-state index contributed by atoms with van der Waals surface area (Å²) in [5.74, 6) is 1.34. The van der Waals surface area contributed by atoms with Gasteiger partial charge in [-0.25, -0.2) is 13.4 Å². The Balaban J connectivity index is 2.31. The van der Waals surface area contributed by atoms with Crippen molar-refractivity contribution in [1.29, 1.82) is 0 Å². The molecular formula is C13H20N4O2S2. The quantitative estimate of drug-likeness (QED) is 0.810. The highest BCUT2D eigenvalue weighted by molar-refractivity contribution is 7.90. The fourth-order valence-corrected chi connectivity index (χ4v) is 3.31. The molecule has 0 aliphatic rings. The highest BCUT2D eigenvalue weighted by Gasteiger charge is 2.11. The fraction of sp³-hybridized carbons (Fsp3) is 0.538. The van der Waals surface area contributed by atoms with Crippen LogP contribution in [0.5, 0.6) is 0 Å². The normalized spacial score (nSPS) is 11.8. The van der Waals surface area contributed by atoms with Gasteiger partial charge in [0.1, 0.15) is 20.5 Å². The zero-order chi connectivity index (χ0) is 15.5. The van der Waals surface area contributed by atoms with E-state index in [2.05, 4.69) is 33.6 Å². The Morgan fingerprint density at radius 2 is 2.00 bits per heavy atom. The third-order valence-corrected chi connectivity index (χ3v) is 5.01. The van der Waals surface area contributed by atoms with E-state index in [0.717, 1.165) is 23.2 Å². The van der Waals surface area contributed by atoms with Crippen molar-refractivity contribution in [3.63, 3.8) is 0 Å². The second kappa shape index (κ2) is 6.57. The van der Waals surface area contributed by atoms with Gasteiger partial charge in [-0.05, 0) is 19.4 Å². The van der Waals surface area contributed by atoms with Crippen LogP contribution in [0.25, 0.3) is 10.2 Å². The van der Waals surface area contributed by atoms with Crippen molar-refractivity contribution in [3.8, 4) is 0 Å². The van der Waals surface area contributed by atoms with E-state index in [9.17, 15) is 8.42 Å². The van der Waals surface area contributed by atoms with E-state index in [0.29, 0.717) is 18.3 Å². The molecule has 8 heteroatoms. The van der Waals surface area contributed by atoms with E-state index in [1.807, 2.05) is 6.92 Å². The van der Waals surface area contributed by atoms with Crippen molar-refractivity contribution in [2.45, 2.75) is 20.3 Å². The fourth-order valence-electron chi connectivity index (χ4n) is 1.87. The number of hydrogen-bond donors (Lipinski definition) is 2. The minimum absolute atomic E-state index is 0.0831. The Bertz CT molecular complexity index is 725. The largest absolute Gasteiger partial charge is 0.368 e. The molecule has 0 aliphatic heterocycles. The number of anilines is 2. The number of nitrogens with zero attached hydrogens (tertiary/aromatic N) is 2. The summed E-state index contributed by atoms with van der Waals surface area (Å²) < 4.78 is 22.4. The Kier molecular flexibility index (Phi) is 5.00. The van der Waals surface area contributed by atoms with E-state index >= 15 is 0 Å². The molecule has 0 saturated heterocycles. The minimum atomic E-state index is -2.99. The summed E-state index contributed by atoms with van der Waals surface area (Å²) in [5, 5.41) is 7.17. The molecule has 6 nitrogen and oxygen atoms in total. The number of aryl methyl sites for hydroxylation is 1. The lowest BCUT2D eigenvalue weighted by molar-refractivity contribution is 0.602. The number of sulfone groups is 1. The van der Waals surface area contributed by atoms with Crippen LogP contribution in [0.2, 0.25) is 0 Å². The van der Waals surface area contributed by atoms with Gasteiger partial charge >= 0.3 is 0 Å². The first-order chi connectivity index (χ1) is 9.93. The topological polar surface area (TPSA) is 84.0 Å². The summed E-state index contributed by atoms with van der Waals surface area (Å²) in [7, 11) is -2.99. The van der Waals surface area contributed by atoms with Gasteiger partial charge < -0.3 is 10.6 Å². The molecule has 116 valence electrons. The predicted octanol–water partition coefficient (Wildman–Crippen LogP) is 2.14. The van der Waals surface area contributed by atoms with E-state index in [1.54, 1.807) is 11.3 Å². The molecule has 2 N–H and O–H groups in total. The average Bonchev–Trinajstić information content (AvgIpc) is 2.81. The Morgan fingerprint density at radius 1 is 1.24 bits per heavy atom. The average molecular weight is 328 g/mol. The molecule has 0 atom stereocenters. The lowest BCUT2D eigenvalue weighted by atomic mass is 10.3. The minimum Gasteiger partial charge on any atom is -0.368 e. The van der Waals surface area contributed by atoms with Crippen molar-refractivity contribution in [2.24, 2.45) is 0 Å². The first-order valence-corrected chi connectivity index (χ1v) is 9.76. The zero-order valence-corrected chi connectivity index (χ0v) is 14.1. The molecule has 2 aromatic heterocycles. The smallest absolute Gasteiger partial charge is 0.226 e. The molecule has 0 amide bonds. The first-order valence-electron chi connectivity index (χ1n) is 6.89. The SMILES string of the molecule is CCNc1nc(NCCS(C)(=O)=O)c2cc(CC)sc2n1. The van der Waals surface area contributed by atoms with E-state index in [-0.39, 0.29) is 5.75 Å². The van der Waals surface area contributed by atoms with Crippen LogP contribution in [-0.2, 0) is 16.3 Å². The van der Waals surface area contributed by atoms with Crippen LogP contribution in [0.4, 0.5) is 11.8 Å². The van der Waals surface area contributed by atoms with Crippen LogP contribution in [0, 0.1) is 0 Å². The van der Waals surface area contributed by atoms with Crippen LogP contribution in [0.3, 0.4) is 0 Å². The molecule has 0 radical (unpaired) electrons. The number of hydrogen-bond acceptors (Lipinski definition) is 7. The number of fused-ring (bicyclic) bond motifs is 1. The molecule has 21 heavy (non-hydrogen) atoms. The monoisotopic (exact) mass is 328 g/mol. The van der Waals surface area contributed by atoms with Crippen molar-refractivity contribution in [3.05, 3.63) is 10.9 Å². The molecule has 0 unspecified atom stereocenters. The maximum absolute atomic E-state index is 11.2. The summed E-state index contributed by atoms with van der Waals surface area (Å²) in [5.41, 5.74) is 0. The number of nitrogens with one attached hydrogen (secondary N) is 2. The van der Waals surface area contributed by atoms with Crippen LogP contribution in [0.1, 0.15) is 18.7 Å². The summed E-state index contributed by atoms with van der Waals surface area (Å²) in [6.07, 6.45) is 2.18. The van der Waals surface area contributed by atoms with Crippen molar-refractivity contribution in [1.82, 2.24) is 9.97 Å². The third-order valence-electron chi connectivity index (χ3n) is 2.89. The maximum atomic E-state index is 11.2. The van der Waals surface area contributed by atoms with Crippen molar-refractivity contribution in [2.75, 3.05) is 35.7 Å². The van der Waals surface area contributed by atoms with Crippen LogP contribution in [0.15, 0.2) is 6.07 Å². The Labute approximate surface area is 128 Å². The Hall–Kier alpha value is -1.41. The van der Waals surface area contributed by atoms with Gasteiger partial charge in [0.05, 0.1) is 11.1 Å². The highest BCUT2D eigenvalue weighted by Crippen LogP contribution is 2.30. The van der Waals surface area contributed by atoms with Crippen molar-refractivity contribution < 1.29 is 8.42 Å². The van der Waals surface area contributed by atoms with Gasteiger partial charge in [-0.3, -0.25) is 0 Å². The van der Waals surface area contributed by atoms with Crippen LogP contribution >= 0.6 is 11.3 Å². The predicted molar refractivity (Wildman–Crippen MR) is 89.2 cm³/mol. The van der Waals surface area contributed by atoms with E-state index in [1.165, 1.54) is 11.1 Å². The summed E-state index contributed by atoms with van der Waals surface area (Å²) in [6.45, 7) is 5.16. The second-order valence-corrected chi connectivity index (χ2v) is 8.14. The zero-order valence-electron chi connectivity index (χ0n) is 12.4. The van der Waals surface area contributed by atoms with Gasteiger partial charge in [-0.15, -0.1) is 11.3 Å². The molecule has 2 rings (SSSR count). The Morgan fingerprint density at radius 3 is 2.62 bits per heavy atom. The molecule has 2 heterocycles. The third kappa shape index (κ3) is 4.28. The molecular weight excluding hydrogens is 308 g/mol. The lowest BCUT2D eigenvalue weighted by Gasteiger charge is -2.08. The standard InChI is InChI=1S/C13H20N4O2S2/c1-4-9-8-10-11(15-6-7-21(3,18)19)16-13(14-5-2)17-12(10)20-9/h8H,4-7H2,1-3H3,(H2,14,15,16,17). The maximum Gasteiger partial charge on any atom is 0.226 e. The molecule has 2 aromatic rings. The summed E-state index contributed by atoms with van der Waals surface area (Å²) in [4.78, 5) is 11.1. The number of aromatic nitrogens is 2. The first kappa shape index (κ1) is 16.0. The molecule has 0 aliphatic carbocycles. The van der Waals surface area contributed by atoms with Gasteiger partial charge in [0.25, 0.3) is 0 Å². The highest BCUT2D eigenvalue weighted by atomic mass is 32.2. The van der Waals surface area contributed by atoms with Crippen molar-refractivity contribution >= 4 is 43.2 Å². The second-order valence-electron chi connectivity index (χ2n) is 4.77. The molecule has 0 bridgehead atoms. The molecule has 0 aromatic carbocycles. The summed E-state index contributed by atoms with van der Waals surface area (Å²) >= 11 is 1.64. The number of thiophene rings is 1. The van der Waals surface area contributed by atoms with Gasteiger partial charge in [0.15, 0.2) is 0 Å². The molecule has 0 spiro atoms.